The van der Waals surface area contributed by atoms with E-state index in [1.165, 1.54) is 64.3 Å². The number of benzene rings is 2. The first-order valence-corrected chi connectivity index (χ1v) is 15.2. The second-order valence-electron chi connectivity index (χ2n) is 9.55. The van der Waals surface area contributed by atoms with E-state index in [1.54, 1.807) is 6.07 Å². The van der Waals surface area contributed by atoms with Gasteiger partial charge >= 0.3 is 0 Å². The average Bonchev–Trinajstić information content (AvgIpc) is 3.27. The molecule has 2 unspecified atom stereocenters. The largest absolute Gasteiger partial charge is 0.388 e. The smallest absolute Gasteiger partial charge is 0.204 e. The SMILES string of the molecule is CCC1CCCPCC1.CNc1ccc(C)c(/C(C)=N/N)c1.NC=O.O=Cc1cc(F)cc(N2CCOCC2)c1. The highest BCUT2D eigenvalue weighted by molar-refractivity contribution is 7.37. The lowest BCUT2D eigenvalue weighted by atomic mass is 9.98. The summed E-state index contributed by atoms with van der Waals surface area (Å²) in [6.45, 7) is 9.05. The van der Waals surface area contributed by atoms with Gasteiger partial charge in [-0.15, -0.1) is 8.58 Å². The number of aldehydes is 1. The van der Waals surface area contributed by atoms with Gasteiger partial charge in [0.25, 0.3) is 0 Å². The molecule has 0 saturated carbocycles. The number of hydrazone groups is 1. The summed E-state index contributed by atoms with van der Waals surface area (Å²) in [4.78, 5) is 21.2. The fourth-order valence-corrected chi connectivity index (χ4v) is 5.72. The van der Waals surface area contributed by atoms with E-state index in [2.05, 4.69) is 29.1 Å². The Labute approximate surface area is 240 Å². The fourth-order valence-electron chi connectivity index (χ4n) is 4.40. The quantitative estimate of drug-likeness (QED) is 0.149. The molecule has 2 fully saturated rings. The van der Waals surface area contributed by atoms with Crippen molar-refractivity contribution in [2.24, 2.45) is 22.6 Å². The summed E-state index contributed by atoms with van der Waals surface area (Å²) in [5.74, 6) is 5.94. The molecular formula is C30H47FN5O3P. The van der Waals surface area contributed by atoms with E-state index in [-0.39, 0.29) is 12.2 Å². The standard InChI is InChI=1S/C11H12FNO2.C10H15N3.C8H17P.CH3NO/c12-10-5-9(8-14)6-11(7-10)13-1-3-15-4-2-13;1-7-4-5-9(12-3)6-10(7)8(2)13-11;1-2-8-4-3-6-9-7-5-8;2-1-3/h5-8H,1-4H2;4-6,12H,11H2,1-3H3;8-9H,2-7H2,1H3;1H,(H2,2,3)/b;13-8+;;. The van der Waals surface area contributed by atoms with Crippen LogP contribution in [0.5, 0.6) is 0 Å². The van der Waals surface area contributed by atoms with Crippen molar-refractivity contribution < 1.29 is 18.7 Å². The Balaban J connectivity index is 0.000000293. The highest BCUT2D eigenvalue weighted by Gasteiger charge is 2.12. The van der Waals surface area contributed by atoms with Gasteiger partial charge in [-0.05, 0) is 80.8 Å². The lowest BCUT2D eigenvalue weighted by molar-refractivity contribution is -0.106. The van der Waals surface area contributed by atoms with Gasteiger partial charge in [0.1, 0.15) is 12.1 Å². The van der Waals surface area contributed by atoms with Crippen LogP contribution in [-0.2, 0) is 9.53 Å². The van der Waals surface area contributed by atoms with Gasteiger partial charge in [0, 0.05) is 42.6 Å². The van der Waals surface area contributed by atoms with Crippen molar-refractivity contribution in [3.05, 3.63) is 58.9 Å². The number of hydrogen-bond donors (Lipinski definition) is 3. The molecule has 2 aliphatic heterocycles. The normalized spacial score (nSPS) is 17.5. The lowest BCUT2D eigenvalue weighted by Gasteiger charge is -2.29. The second kappa shape index (κ2) is 20.8. The Morgan fingerprint density at radius 2 is 1.88 bits per heavy atom. The minimum Gasteiger partial charge on any atom is -0.388 e. The molecule has 0 aliphatic carbocycles. The summed E-state index contributed by atoms with van der Waals surface area (Å²) in [6.07, 6.45) is 9.93. The van der Waals surface area contributed by atoms with Crippen LogP contribution in [0.15, 0.2) is 41.5 Å². The van der Waals surface area contributed by atoms with Crippen LogP contribution in [0.4, 0.5) is 15.8 Å². The van der Waals surface area contributed by atoms with Gasteiger partial charge in [0.2, 0.25) is 6.41 Å². The van der Waals surface area contributed by atoms with Crippen molar-refractivity contribution in [3.63, 3.8) is 0 Å². The average molecular weight is 576 g/mol. The van der Waals surface area contributed by atoms with Gasteiger partial charge in [0.05, 0.1) is 18.9 Å². The molecule has 2 heterocycles. The van der Waals surface area contributed by atoms with Crippen molar-refractivity contribution >= 4 is 38.4 Å². The number of carbonyl (C=O) groups excluding carboxylic acids is 2. The van der Waals surface area contributed by atoms with Gasteiger partial charge in [-0.2, -0.15) is 5.10 Å². The number of hydrogen-bond acceptors (Lipinski definition) is 7. The second-order valence-corrected chi connectivity index (χ2v) is 11.0. The number of nitrogens with one attached hydrogen (secondary N) is 1. The third-order valence-corrected chi connectivity index (χ3v) is 8.15. The molecule has 40 heavy (non-hydrogen) atoms. The number of carbonyl (C=O) groups is 2. The first-order chi connectivity index (χ1) is 19.3. The Hall–Kier alpha value is -3.03. The van der Waals surface area contributed by atoms with Crippen molar-refractivity contribution in [3.8, 4) is 0 Å². The molecule has 2 atom stereocenters. The molecule has 2 aliphatic rings. The van der Waals surface area contributed by atoms with Crippen LogP contribution in [0, 0.1) is 18.7 Å². The van der Waals surface area contributed by atoms with Gasteiger partial charge in [-0.25, -0.2) is 4.39 Å². The molecule has 4 rings (SSSR count). The lowest BCUT2D eigenvalue weighted by Crippen LogP contribution is -2.36. The number of amides is 1. The number of nitrogens with zero attached hydrogens (tertiary/aromatic N) is 2. The number of aryl methyl sites for hydroxylation is 1. The Morgan fingerprint density at radius 3 is 2.48 bits per heavy atom. The van der Waals surface area contributed by atoms with E-state index in [0.29, 0.717) is 25.1 Å². The molecule has 2 aromatic carbocycles. The monoisotopic (exact) mass is 575 g/mol. The molecule has 0 radical (unpaired) electrons. The van der Waals surface area contributed by atoms with E-state index in [4.69, 9.17) is 15.4 Å². The predicted molar refractivity (Wildman–Crippen MR) is 168 cm³/mol. The van der Waals surface area contributed by atoms with Gasteiger partial charge in [0.15, 0.2) is 0 Å². The summed E-state index contributed by atoms with van der Waals surface area (Å²) >= 11 is 0. The van der Waals surface area contributed by atoms with E-state index in [1.807, 2.05) is 37.9 Å². The van der Waals surface area contributed by atoms with Crippen LogP contribution >= 0.6 is 8.58 Å². The van der Waals surface area contributed by atoms with Crippen LogP contribution in [-0.4, -0.2) is 64.1 Å². The van der Waals surface area contributed by atoms with Crippen LogP contribution in [0.3, 0.4) is 0 Å². The van der Waals surface area contributed by atoms with Gasteiger partial charge in [-0.3, -0.25) is 9.59 Å². The minimum atomic E-state index is -0.374. The van der Waals surface area contributed by atoms with Crippen LogP contribution in [0.2, 0.25) is 0 Å². The first-order valence-electron chi connectivity index (χ1n) is 13.8. The zero-order valence-corrected chi connectivity index (χ0v) is 25.4. The Bertz CT molecular complexity index is 1040. The van der Waals surface area contributed by atoms with E-state index in [0.717, 1.165) is 41.7 Å². The maximum Gasteiger partial charge on any atom is 0.204 e. The molecule has 2 saturated heterocycles. The van der Waals surface area contributed by atoms with Crippen LogP contribution in [0.25, 0.3) is 0 Å². The maximum atomic E-state index is 13.2. The zero-order chi connectivity index (χ0) is 29.8. The number of anilines is 2. The Morgan fingerprint density at radius 1 is 1.18 bits per heavy atom. The summed E-state index contributed by atoms with van der Waals surface area (Å²) < 4.78 is 18.4. The van der Waals surface area contributed by atoms with Gasteiger partial charge in [-0.1, -0.05) is 25.8 Å². The zero-order valence-electron chi connectivity index (χ0n) is 24.4. The summed E-state index contributed by atoms with van der Waals surface area (Å²) in [5.41, 5.74) is 9.50. The third-order valence-electron chi connectivity index (χ3n) is 6.80. The first kappa shape index (κ1) is 35.0. The van der Waals surface area contributed by atoms with Crippen molar-refractivity contribution in [1.29, 1.82) is 0 Å². The van der Waals surface area contributed by atoms with E-state index < -0.39 is 0 Å². The molecule has 222 valence electrons. The topological polar surface area (TPSA) is 123 Å². The number of halogens is 1. The highest BCUT2D eigenvalue weighted by atomic mass is 31.1. The number of ether oxygens (including phenoxy) is 1. The number of nitrogens with two attached hydrogens (primary N) is 2. The van der Waals surface area contributed by atoms with E-state index >= 15 is 0 Å². The van der Waals surface area contributed by atoms with E-state index in [9.17, 15) is 9.18 Å². The molecule has 1 amide bonds. The molecule has 5 N–H and O–H groups in total. The molecule has 10 heteroatoms. The molecule has 0 spiro atoms. The van der Waals surface area contributed by atoms with Gasteiger partial charge < -0.3 is 26.5 Å². The predicted octanol–water partition coefficient (Wildman–Crippen LogP) is 5.17. The molecule has 0 bridgehead atoms. The maximum absolute atomic E-state index is 13.2. The molecule has 2 aromatic rings. The molecule has 8 nitrogen and oxygen atoms in total. The van der Waals surface area contributed by atoms with Crippen molar-refractivity contribution in [1.82, 2.24) is 0 Å². The fraction of sp³-hybridized carbons (Fsp3) is 0.500. The van der Waals surface area contributed by atoms with Crippen LogP contribution < -0.4 is 21.8 Å². The highest BCUT2D eigenvalue weighted by Crippen LogP contribution is 2.27. The molecule has 0 aromatic heterocycles. The molecular weight excluding hydrogens is 528 g/mol. The summed E-state index contributed by atoms with van der Waals surface area (Å²) in [6, 6.07) is 10.5. The van der Waals surface area contributed by atoms with Crippen molar-refractivity contribution in [2.45, 2.75) is 46.5 Å². The number of primary amides is 1. The summed E-state index contributed by atoms with van der Waals surface area (Å²) in [7, 11) is 3.18. The summed E-state index contributed by atoms with van der Waals surface area (Å²) in [5, 5.41) is 6.76. The number of rotatable bonds is 5. The minimum absolute atomic E-state index is 0.250. The van der Waals surface area contributed by atoms with Crippen LogP contribution in [0.1, 0.15) is 61.0 Å². The Kier molecular flexibility index (Phi) is 18.2. The van der Waals surface area contributed by atoms with Crippen molar-refractivity contribution in [2.75, 3.05) is 55.9 Å². The third kappa shape index (κ3) is 13.4. The number of morpholine rings is 1.